The number of nitrogens with one attached hydrogen (secondary N) is 1. The SMILES string of the molecule is CCCNc1ccc(-c2ccc(C(F)(F)[C@]3(O)Cn4nnnc4-c4cc(F)ccc43)nc2)cc1. The highest BCUT2D eigenvalue weighted by Gasteiger charge is 2.59. The van der Waals surface area contributed by atoms with Crippen LogP contribution in [-0.2, 0) is 18.1 Å². The predicted octanol–water partition coefficient (Wildman–Crippen LogP) is 4.36. The molecule has 10 heteroatoms. The summed E-state index contributed by atoms with van der Waals surface area (Å²) in [5.74, 6) is -4.37. The summed E-state index contributed by atoms with van der Waals surface area (Å²) in [5, 5.41) is 25.5. The summed E-state index contributed by atoms with van der Waals surface area (Å²) in [4.78, 5) is 3.99. The smallest absolute Gasteiger partial charge is 0.323 e. The predicted molar refractivity (Wildman–Crippen MR) is 119 cm³/mol. The Kier molecular flexibility index (Phi) is 5.32. The Morgan fingerprint density at radius 1 is 1.09 bits per heavy atom. The van der Waals surface area contributed by atoms with Gasteiger partial charge in [0.15, 0.2) is 11.4 Å². The van der Waals surface area contributed by atoms with Gasteiger partial charge in [0.05, 0.1) is 6.54 Å². The number of halogens is 3. The van der Waals surface area contributed by atoms with Gasteiger partial charge in [-0.2, -0.15) is 8.78 Å². The van der Waals surface area contributed by atoms with Crippen molar-refractivity contribution in [3.05, 3.63) is 77.9 Å². The second kappa shape index (κ2) is 8.21. The van der Waals surface area contributed by atoms with Crippen molar-refractivity contribution in [3.63, 3.8) is 0 Å². The molecule has 7 nitrogen and oxygen atoms in total. The lowest BCUT2D eigenvalue weighted by atomic mass is 9.80. The number of benzene rings is 2. The molecule has 4 aromatic rings. The Morgan fingerprint density at radius 3 is 2.56 bits per heavy atom. The monoisotopic (exact) mass is 466 g/mol. The van der Waals surface area contributed by atoms with E-state index in [-0.39, 0.29) is 17.0 Å². The number of fused-ring (bicyclic) bond motifs is 3. The van der Waals surface area contributed by atoms with Gasteiger partial charge < -0.3 is 10.4 Å². The highest BCUT2D eigenvalue weighted by molar-refractivity contribution is 5.66. The van der Waals surface area contributed by atoms with Crippen LogP contribution in [0.5, 0.6) is 0 Å². The lowest BCUT2D eigenvalue weighted by molar-refractivity contribution is -0.207. The van der Waals surface area contributed by atoms with E-state index in [1.165, 1.54) is 18.3 Å². The van der Waals surface area contributed by atoms with Gasteiger partial charge in [-0.3, -0.25) is 4.98 Å². The van der Waals surface area contributed by atoms with Crippen LogP contribution in [0.3, 0.4) is 0 Å². The van der Waals surface area contributed by atoms with Gasteiger partial charge in [-0.15, -0.1) is 5.10 Å². The van der Waals surface area contributed by atoms with E-state index >= 15 is 8.78 Å². The van der Waals surface area contributed by atoms with Gasteiger partial charge in [0.25, 0.3) is 0 Å². The highest BCUT2D eigenvalue weighted by Crippen LogP contribution is 2.50. The van der Waals surface area contributed by atoms with E-state index in [9.17, 15) is 9.50 Å². The second-order valence-electron chi connectivity index (χ2n) is 8.22. The molecule has 3 heterocycles. The van der Waals surface area contributed by atoms with Gasteiger partial charge >= 0.3 is 5.92 Å². The van der Waals surface area contributed by atoms with Crippen LogP contribution in [0.4, 0.5) is 18.9 Å². The van der Waals surface area contributed by atoms with Gasteiger partial charge in [-0.1, -0.05) is 31.2 Å². The van der Waals surface area contributed by atoms with Crippen molar-refractivity contribution in [1.29, 1.82) is 0 Å². The summed E-state index contributed by atoms with van der Waals surface area (Å²) in [6.45, 7) is 2.32. The maximum Gasteiger partial charge on any atom is 0.323 e. The van der Waals surface area contributed by atoms with Gasteiger partial charge in [0, 0.05) is 35.1 Å². The van der Waals surface area contributed by atoms with Crippen LogP contribution in [0, 0.1) is 5.82 Å². The molecule has 0 aliphatic carbocycles. The lowest BCUT2D eigenvalue weighted by Gasteiger charge is -2.39. The van der Waals surface area contributed by atoms with Crippen LogP contribution in [0.1, 0.15) is 24.6 Å². The van der Waals surface area contributed by atoms with Crippen molar-refractivity contribution >= 4 is 5.69 Å². The molecular formula is C24H21F3N6O. The molecule has 2 aromatic carbocycles. The zero-order valence-electron chi connectivity index (χ0n) is 18.2. The molecule has 1 aliphatic heterocycles. The third-order valence-corrected chi connectivity index (χ3v) is 5.98. The minimum absolute atomic E-state index is 0.00631. The molecule has 2 aromatic heterocycles. The number of anilines is 1. The Hall–Kier alpha value is -3.79. The Morgan fingerprint density at radius 2 is 1.85 bits per heavy atom. The van der Waals surface area contributed by atoms with Gasteiger partial charge in [0.1, 0.15) is 11.5 Å². The minimum Gasteiger partial charge on any atom is -0.385 e. The molecule has 0 radical (unpaired) electrons. The summed E-state index contributed by atoms with van der Waals surface area (Å²) in [6, 6.07) is 13.5. The van der Waals surface area contributed by atoms with Crippen LogP contribution in [0.2, 0.25) is 0 Å². The molecule has 34 heavy (non-hydrogen) atoms. The van der Waals surface area contributed by atoms with Crippen molar-refractivity contribution in [2.75, 3.05) is 11.9 Å². The number of tetrazole rings is 1. The average molecular weight is 466 g/mol. The first-order valence-electron chi connectivity index (χ1n) is 10.8. The first kappa shape index (κ1) is 22.0. The minimum atomic E-state index is -3.82. The van der Waals surface area contributed by atoms with Crippen molar-refractivity contribution in [3.8, 4) is 22.5 Å². The van der Waals surface area contributed by atoms with Crippen molar-refractivity contribution < 1.29 is 18.3 Å². The summed E-state index contributed by atoms with van der Waals surface area (Å²) in [6.07, 6.45) is 2.35. The number of rotatable bonds is 6. The molecular weight excluding hydrogens is 445 g/mol. The second-order valence-corrected chi connectivity index (χ2v) is 8.22. The molecule has 174 valence electrons. The summed E-state index contributed by atoms with van der Waals surface area (Å²) in [7, 11) is 0. The van der Waals surface area contributed by atoms with E-state index < -0.39 is 29.6 Å². The molecule has 0 unspecified atom stereocenters. The van der Waals surface area contributed by atoms with Crippen molar-refractivity contribution in [2.24, 2.45) is 0 Å². The van der Waals surface area contributed by atoms with Crippen LogP contribution < -0.4 is 5.32 Å². The Bertz CT molecular complexity index is 1320. The fourth-order valence-corrected chi connectivity index (χ4v) is 4.15. The summed E-state index contributed by atoms with van der Waals surface area (Å²) >= 11 is 0. The number of pyridine rings is 1. The molecule has 0 amide bonds. The molecule has 5 rings (SSSR count). The normalized spacial score (nSPS) is 17.2. The van der Waals surface area contributed by atoms with Gasteiger partial charge in [-0.25, -0.2) is 9.07 Å². The third kappa shape index (κ3) is 3.50. The maximum atomic E-state index is 15.8. The largest absolute Gasteiger partial charge is 0.385 e. The van der Waals surface area contributed by atoms with Crippen LogP contribution in [0.25, 0.3) is 22.5 Å². The van der Waals surface area contributed by atoms with E-state index in [0.29, 0.717) is 5.56 Å². The summed E-state index contributed by atoms with van der Waals surface area (Å²) in [5.41, 5.74) is -1.07. The third-order valence-electron chi connectivity index (χ3n) is 5.98. The van der Waals surface area contributed by atoms with Crippen LogP contribution in [-0.4, -0.2) is 36.8 Å². The Labute approximate surface area is 193 Å². The first-order valence-corrected chi connectivity index (χ1v) is 10.8. The van der Waals surface area contributed by atoms with Gasteiger partial charge in [-0.05, 0) is 52.7 Å². The molecule has 1 atom stereocenters. The Balaban J connectivity index is 1.48. The number of hydrogen-bond acceptors (Lipinski definition) is 6. The number of alkyl halides is 2. The fourth-order valence-electron chi connectivity index (χ4n) is 4.15. The zero-order valence-corrected chi connectivity index (χ0v) is 18.2. The number of aromatic nitrogens is 5. The zero-order chi connectivity index (χ0) is 23.9. The number of aliphatic hydroxyl groups is 1. The summed E-state index contributed by atoms with van der Waals surface area (Å²) < 4.78 is 46.6. The lowest BCUT2D eigenvalue weighted by Crippen LogP contribution is -2.49. The first-order chi connectivity index (χ1) is 16.3. The fraction of sp³-hybridized carbons (Fsp3) is 0.250. The van der Waals surface area contributed by atoms with Crippen LogP contribution in [0.15, 0.2) is 60.8 Å². The number of hydrogen-bond donors (Lipinski definition) is 2. The van der Waals surface area contributed by atoms with Crippen molar-refractivity contribution in [1.82, 2.24) is 25.2 Å². The molecule has 0 fully saturated rings. The van der Waals surface area contributed by atoms with Crippen molar-refractivity contribution in [2.45, 2.75) is 31.4 Å². The molecule has 0 saturated heterocycles. The molecule has 0 bridgehead atoms. The standard InChI is InChI=1S/C24H21F3N6O/c1-2-11-28-18-7-3-15(4-8-18)16-5-10-21(29-13-16)24(26,27)23(34)14-33-22(30-31-32-33)19-12-17(25)6-9-20(19)23/h3-10,12-13,28,34H,2,11,14H2,1H3/t23-/m0/s1. The van der Waals surface area contributed by atoms with E-state index in [2.05, 4.69) is 32.7 Å². The molecule has 1 aliphatic rings. The number of nitrogens with zero attached hydrogens (tertiary/aromatic N) is 5. The molecule has 0 spiro atoms. The molecule has 2 N–H and O–H groups in total. The van der Waals surface area contributed by atoms with E-state index in [1.54, 1.807) is 0 Å². The molecule has 0 saturated carbocycles. The van der Waals surface area contributed by atoms with Crippen LogP contribution >= 0.6 is 0 Å². The van der Waals surface area contributed by atoms with E-state index in [0.717, 1.165) is 47.1 Å². The topological polar surface area (TPSA) is 88.8 Å². The van der Waals surface area contributed by atoms with E-state index in [1.807, 2.05) is 24.3 Å². The average Bonchev–Trinajstić information content (AvgIpc) is 3.31. The highest BCUT2D eigenvalue weighted by atomic mass is 19.3. The quantitative estimate of drug-likeness (QED) is 0.439. The maximum absolute atomic E-state index is 15.8. The van der Waals surface area contributed by atoms with E-state index in [4.69, 9.17) is 0 Å². The van der Waals surface area contributed by atoms with Gasteiger partial charge in [0.2, 0.25) is 0 Å².